The molecule has 0 bridgehead atoms. The Morgan fingerprint density at radius 2 is 1.00 bits per heavy atom. The van der Waals surface area contributed by atoms with Crippen molar-refractivity contribution in [2.24, 2.45) is 0 Å². The largest absolute Gasteiger partial charge is 0.172 e. The van der Waals surface area contributed by atoms with Gasteiger partial charge in [0.15, 0.2) is 0 Å². The molecule has 0 unspecified atom stereocenters. The minimum Gasteiger partial charge on any atom is -0.172 e. The van der Waals surface area contributed by atoms with Crippen LogP contribution in [0.1, 0.15) is 0 Å². The molecular formula is C4H10Cl2Si2. The fraction of sp³-hybridized carbons (Fsp3) is 1.00. The zero-order valence-electron chi connectivity index (χ0n) is 4.74. The SMILES string of the molecule is Cl[SiH]1CC[SiH](Cl)CC1. The van der Waals surface area contributed by atoms with E-state index in [0.717, 1.165) is 0 Å². The van der Waals surface area contributed by atoms with Crippen LogP contribution in [-0.2, 0) is 0 Å². The van der Waals surface area contributed by atoms with Gasteiger partial charge in [-0.25, -0.2) is 0 Å². The maximum Gasteiger partial charge on any atom is 0.140 e. The molecule has 0 spiro atoms. The van der Waals surface area contributed by atoms with Gasteiger partial charge in [0.25, 0.3) is 0 Å². The van der Waals surface area contributed by atoms with Crippen LogP contribution in [0.3, 0.4) is 0 Å². The predicted octanol–water partition coefficient (Wildman–Crippen LogP) is 1.93. The second-order valence-corrected chi connectivity index (χ2v) is 10.8. The molecule has 0 nitrogen and oxygen atoms in total. The van der Waals surface area contributed by atoms with Gasteiger partial charge < -0.3 is 0 Å². The van der Waals surface area contributed by atoms with Gasteiger partial charge in [-0.3, -0.25) is 0 Å². The summed E-state index contributed by atoms with van der Waals surface area (Å²) in [6.45, 7) is 0. The molecule has 0 aromatic heterocycles. The van der Waals surface area contributed by atoms with Gasteiger partial charge >= 0.3 is 0 Å². The lowest BCUT2D eigenvalue weighted by atomic mass is 10.9. The van der Waals surface area contributed by atoms with Gasteiger partial charge in [-0.1, -0.05) is 0 Å². The first kappa shape index (κ1) is 7.12. The highest BCUT2D eigenvalue weighted by atomic mass is 35.6. The van der Waals surface area contributed by atoms with E-state index in [2.05, 4.69) is 0 Å². The van der Waals surface area contributed by atoms with Crippen molar-refractivity contribution in [3.8, 4) is 0 Å². The first-order valence-corrected chi connectivity index (χ1v) is 9.83. The number of rotatable bonds is 0. The summed E-state index contributed by atoms with van der Waals surface area (Å²) in [5.74, 6) is 0. The summed E-state index contributed by atoms with van der Waals surface area (Å²) in [6.07, 6.45) is 0. The van der Waals surface area contributed by atoms with Crippen molar-refractivity contribution in [3.05, 3.63) is 0 Å². The predicted molar refractivity (Wildman–Crippen MR) is 45.2 cm³/mol. The van der Waals surface area contributed by atoms with Crippen LogP contribution in [0, 0.1) is 0 Å². The number of hydrogen-bond donors (Lipinski definition) is 0. The van der Waals surface area contributed by atoms with Crippen molar-refractivity contribution in [2.75, 3.05) is 0 Å². The Labute approximate surface area is 62.8 Å². The maximum atomic E-state index is 5.98. The Bertz CT molecular complexity index is 60.4. The van der Waals surface area contributed by atoms with E-state index in [1.807, 2.05) is 0 Å². The molecule has 8 heavy (non-hydrogen) atoms. The standard InChI is InChI=1S/C4H10Cl2Si2/c5-7-1-2-8(6)4-3-7/h7-8H,1-4H2. The van der Waals surface area contributed by atoms with E-state index in [0.29, 0.717) is 0 Å². The smallest absolute Gasteiger partial charge is 0.140 e. The Morgan fingerprint density at radius 1 is 0.750 bits per heavy atom. The molecule has 48 valence electrons. The summed E-state index contributed by atoms with van der Waals surface area (Å²) in [5.41, 5.74) is 0. The molecule has 0 aromatic carbocycles. The lowest BCUT2D eigenvalue weighted by Gasteiger charge is -2.16. The van der Waals surface area contributed by atoms with E-state index in [-0.39, 0.29) is 0 Å². The summed E-state index contributed by atoms with van der Waals surface area (Å²) in [5, 5.41) is 0. The van der Waals surface area contributed by atoms with E-state index in [4.69, 9.17) is 22.2 Å². The zero-order chi connectivity index (χ0) is 5.98. The molecule has 0 saturated carbocycles. The molecule has 1 fully saturated rings. The molecule has 0 atom stereocenters. The Morgan fingerprint density at radius 3 is 1.25 bits per heavy atom. The Kier molecular flexibility index (Phi) is 2.89. The second kappa shape index (κ2) is 3.25. The maximum absolute atomic E-state index is 5.98. The lowest BCUT2D eigenvalue weighted by Crippen LogP contribution is -2.17. The van der Waals surface area contributed by atoms with Crippen LogP contribution < -0.4 is 0 Å². The summed E-state index contributed by atoms with van der Waals surface area (Å²) in [6, 6.07) is 5.23. The highest BCUT2D eigenvalue weighted by Gasteiger charge is 2.19. The minimum atomic E-state index is -0.710. The molecule has 1 heterocycles. The monoisotopic (exact) mass is 184 g/mol. The van der Waals surface area contributed by atoms with Gasteiger partial charge in [0.05, 0.1) is 0 Å². The first-order chi connectivity index (χ1) is 3.79. The van der Waals surface area contributed by atoms with Crippen LogP contribution in [0.5, 0.6) is 0 Å². The summed E-state index contributed by atoms with van der Waals surface area (Å²) >= 11 is 12.0. The summed E-state index contributed by atoms with van der Waals surface area (Å²) in [4.78, 5) is 0. The van der Waals surface area contributed by atoms with Gasteiger partial charge in [0.2, 0.25) is 0 Å². The third-order valence-electron chi connectivity index (χ3n) is 1.59. The molecule has 0 aliphatic carbocycles. The van der Waals surface area contributed by atoms with Crippen LogP contribution in [-0.4, -0.2) is 16.2 Å². The molecule has 1 aliphatic heterocycles. The van der Waals surface area contributed by atoms with Crippen molar-refractivity contribution in [1.29, 1.82) is 0 Å². The van der Waals surface area contributed by atoms with Crippen LogP contribution in [0.4, 0.5) is 0 Å². The molecule has 0 N–H and O–H groups in total. The zero-order valence-corrected chi connectivity index (χ0v) is 8.56. The van der Waals surface area contributed by atoms with E-state index in [1.165, 1.54) is 24.2 Å². The van der Waals surface area contributed by atoms with Gasteiger partial charge in [0.1, 0.15) is 16.2 Å². The van der Waals surface area contributed by atoms with Crippen LogP contribution in [0.15, 0.2) is 0 Å². The van der Waals surface area contributed by atoms with Crippen LogP contribution in [0.2, 0.25) is 24.2 Å². The third kappa shape index (κ3) is 2.09. The summed E-state index contributed by atoms with van der Waals surface area (Å²) in [7, 11) is -1.42. The van der Waals surface area contributed by atoms with E-state index in [1.54, 1.807) is 0 Å². The average Bonchev–Trinajstić information content (AvgIpc) is 1.77. The topological polar surface area (TPSA) is 0 Å². The van der Waals surface area contributed by atoms with Gasteiger partial charge in [-0.15, -0.1) is 0 Å². The molecule has 1 aliphatic rings. The molecular weight excluding hydrogens is 175 g/mol. The van der Waals surface area contributed by atoms with E-state index in [9.17, 15) is 0 Å². The van der Waals surface area contributed by atoms with Gasteiger partial charge in [-0.2, -0.15) is 22.2 Å². The van der Waals surface area contributed by atoms with Crippen LogP contribution in [0.25, 0.3) is 0 Å². The van der Waals surface area contributed by atoms with Crippen molar-refractivity contribution in [2.45, 2.75) is 24.2 Å². The molecule has 4 heteroatoms. The van der Waals surface area contributed by atoms with Crippen molar-refractivity contribution in [1.82, 2.24) is 0 Å². The van der Waals surface area contributed by atoms with Crippen molar-refractivity contribution < 1.29 is 0 Å². The van der Waals surface area contributed by atoms with E-state index >= 15 is 0 Å². The molecule has 0 aromatic rings. The van der Waals surface area contributed by atoms with Crippen LogP contribution >= 0.6 is 22.2 Å². The first-order valence-electron chi connectivity index (χ1n) is 3.07. The average molecular weight is 185 g/mol. The molecule has 1 rings (SSSR count). The highest BCUT2D eigenvalue weighted by molar-refractivity contribution is 7.13. The quantitative estimate of drug-likeness (QED) is 0.399. The number of hydrogen-bond acceptors (Lipinski definition) is 0. The van der Waals surface area contributed by atoms with Gasteiger partial charge in [0, 0.05) is 0 Å². The van der Waals surface area contributed by atoms with E-state index < -0.39 is 16.2 Å². The van der Waals surface area contributed by atoms with Crippen molar-refractivity contribution in [3.63, 3.8) is 0 Å². The molecule has 0 radical (unpaired) electrons. The van der Waals surface area contributed by atoms with Gasteiger partial charge in [-0.05, 0) is 24.2 Å². The van der Waals surface area contributed by atoms with Crippen molar-refractivity contribution >= 4 is 38.4 Å². The second-order valence-electron chi connectivity index (χ2n) is 2.35. The fourth-order valence-electron chi connectivity index (χ4n) is 1.01. The fourth-order valence-corrected chi connectivity index (χ4v) is 11.9. The Hall–Kier alpha value is 1.01. The third-order valence-corrected chi connectivity index (χ3v) is 9.38. The molecule has 0 amide bonds. The molecule has 1 saturated heterocycles. The normalized spacial score (nSPS) is 39.8. The highest BCUT2D eigenvalue weighted by Crippen LogP contribution is 2.24. The minimum absolute atomic E-state index is 0.710. The lowest BCUT2D eigenvalue weighted by molar-refractivity contribution is 1.23. The summed E-state index contributed by atoms with van der Waals surface area (Å²) < 4.78 is 0. The Balaban J connectivity index is 2.19. The number of halogens is 2.